The molecule has 0 amide bonds. The van der Waals surface area contributed by atoms with Gasteiger partial charge in [-0.15, -0.1) is 0 Å². The van der Waals surface area contributed by atoms with E-state index in [0.717, 1.165) is 42.8 Å². The predicted molar refractivity (Wildman–Crippen MR) is 91.3 cm³/mol. The lowest BCUT2D eigenvalue weighted by molar-refractivity contribution is 0.293. The van der Waals surface area contributed by atoms with E-state index in [4.69, 9.17) is 16.7 Å². The molecule has 130 valence electrons. The van der Waals surface area contributed by atoms with Crippen LogP contribution in [0.5, 0.6) is 0 Å². The fourth-order valence-electron chi connectivity index (χ4n) is 3.33. The van der Waals surface area contributed by atoms with Crippen molar-refractivity contribution in [1.82, 2.24) is 18.9 Å². The lowest BCUT2D eigenvalue weighted by Gasteiger charge is -2.42. The van der Waals surface area contributed by atoms with E-state index in [1.165, 1.54) is 10.6 Å². The molecule has 10 heteroatoms. The summed E-state index contributed by atoms with van der Waals surface area (Å²) in [5.41, 5.74) is 1.91. The van der Waals surface area contributed by atoms with Crippen LogP contribution < -0.4 is 10.0 Å². The van der Waals surface area contributed by atoms with Gasteiger partial charge in [0.2, 0.25) is 0 Å². The highest BCUT2D eigenvalue weighted by atomic mass is 35.5. The number of aromatic nitrogens is 3. The molecule has 1 aliphatic heterocycles. The van der Waals surface area contributed by atoms with Crippen molar-refractivity contribution in [3.05, 3.63) is 23.1 Å². The van der Waals surface area contributed by atoms with Crippen molar-refractivity contribution in [1.29, 1.82) is 0 Å². The first-order valence-electron chi connectivity index (χ1n) is 7.88. The molecule has 2 N–H and O–H groups in total. The van der Waals surface area contributed by atoms with Crippen molar-refractivity contribution in [3.8, 4) is 0 Å². The van der Waals surface area contributed by atoms with Crippen LogP contribution in [0.25, 0.3) is 5.52 Å². The van der Waals surface area contributed by atoms with Gasteiger partial charge in [0.25, 0.3) is 10.2 Å². The number of hydrogen-bond acceptors (Lipinski definition) is 5. The average Bonchev–Trinajstić information content (AvgIpc) is 3.23. The van der Waals surface area contributed by atoms with Crippen LogP contribution in [0.3, 0.4) is 0 Å². The molecule has 24 heavy (non-hydrogen) atoms. The van der Waals surface area contributed by atoms with Crippen LogP contribution in [0.4, 0.5) is 5.82 Å². The molecule has 0 spiro atoms. The summed E-state index contributed by atoms with van der Waals surface area (Å²) in [6.45, 7) is 3.94. The standard InChI is InChI=1S/C14H19ClN6O2S/c1-9-4-12(15)21-13(9)14(17-8-18-21)19-5-10(6-19)7-20(11-2-3-11)24(16,22)23/h4,8,10-11H,2-3,5-7H2,1H3,(H2,16,22,23). The van der Waals surface area contributed by atoms with Crippen LogP contribution >= 0.6 is 11.6 Å². The maximum absolute atomic E-state index is 11.7. The minimum absolute atomic E-state index is 0.0893. The highest BCUT2D eigenvalue weighted by Gasteiger charge is 2.40. The van der Waals surface area contributed by atoms with Gasteiger partial charge in [-0.1, -0.05) is 11.6 Å². The Bertz CT molecular complexity index is 888. The smallest absolute Gasteiger partial charge is 0.277 e. The third kappa shape index (κ3) is 2.75. The Labute approximate surface area is 145 Å². The van der Waals surface area contributed by atoms with Gasteiger partial charge in [-0.3, -0.25) is 0 Å². The largest absolute Gasteiger partial charge is 0.354 e. The second-order valence-electron chi connectivity index (χ2n) is 6.61. The van der Waals surface area contributed by atoms with Crippen molar-refractivity contribution in [2.24, 2.45) is 11.1 Å². The number of nitrogens with two attached hydrogens (primary N) is 1. The molecule has 1 saturated carbocycles. The van der Waals surface area contributed by atoms with Crippen molar-refractivity contribution in [2.45, 2.75) is 25.8 Å². The normalized spacial score (nSPS) is 19.2. The Morgan fingerprint density at radius 2 is 2.12 bits per heavy atom. The number of fused-ring (bicyclic) bond motifs is 1. The summed E-state index contributed by atoms with van der Waals surface area (Å²) < 4.78 is 26.5. The molecule has 0 unspecified atom stereocenters. The van der Waals surface area contributed by atoms with E-state index in [9.17, 15) is 8.42 Å². The van der Waals surface area contributed by atoms with Gasteiger partial charge in [-0.2, -0.15) is 17.8 Å². The van der Waals surface area contributed by atoms with Crippen molar-refractivity contribution >= 4 is 33.1 Å². The van der Waals surface area contributed by atoms with E-state index in [1.54, 1.807) is 4.52 Å². The minimum atomic E-state index is -3.63. The minimum Gasteiger partial charge on any atom is -0.354 e. The second kappa shape index (κ2) is 5.55. The van der Waals surface area contributed by atoms with Gasteiger partial charge in [-0.25, -0.2) is 14.6 Å². The Morgan fingerprint density at radius 1 is 1.42 bits per heavy atom. The van der Waals surface area contributed by atoms with Gasteiger partial charge in [0, 0.05) is 31.6 Å². The van der Waals surface area contributed by atoms with Gasteiger partial charge in [0.1, 0.15) is 17.0 Å². The van der Waals surface area contributed by atoms with E-state index >= 15 is 0 Å². The van der Waals surface area contributed by atoms with Crippen LogP contribution in [-0.2, 0) is 10.2 Å². The van der Waals surface area contributed by atoms with Crippen molar-refractivity contribution in [3.63, 3.8) is 0 Å². The number of nitrogens with zero attached hydrogens (tertiary/aromatic N) is 5. The van der Waals surface area contributed by atoms with Crippen molar-refractivity contribution < 1.29 is 8.42 Å². The zero-order chi connectivity index (χ0) is 17.1. The topological polar surface area (TPSA) is 96.8 Å². The zero-order valence-corrected chi connectivity index (χ0v) is 14.8. The molecule has 0 aromatic carbocycles. The maximum Gasteiger partial charge on any atom is 0.277 e. The number of hydrogen-bond donors (Lipinski definition) is 1. The number of halogens is 1. The maximum atomic E-state index is 11.7. The molecule has 2 aromatic rings. The monoisotopic (exact) mass is 370 g/mol. The Kier molecular flexibility index (Phi) is 3.72. The van der Waals surface area contributed by atoms with E-state index in [0.29, 0.717) is 11.7 Å². The molecule has 8 nitrogen and oxygen atoms in total. The third-order valence-electron chi connectivity index (χ3n) is 4.66. The first-order valence-corrected chi connectivity index (χ1v) is 9.76. The predicted octanol–water partition coefficient (Wildman–Crippen LogP) is 0.795. The summed E-state index contributed by atoms with van der Waals surface area (Å²) >= 11 is 6.17. The molecule has 2 fully saturated rings. The lowest BCUT2D eigenvalue weighted by atomic mass is 10.00. The summed E-state index contributed by atoms with van der Waals surface area (Å²) in [6, 6.07) is 1.95. The van der Waals surface area contributed by atoms with E-state index in [2.05, 4.69) is 15.0 Å². The molecule has 2 aromatic heterocycles. The quantitative estimate of drug-likeness (QED) is 0.839. The molecule has 1 aliphatic carbocycles. The fourth-order valence-corrected chi connectivity index (χ4v) is 4.66. The summed E-state index contributed by atoms with van der Waals surface area (Å²) in [5, 5.41) is 10.1. The van der Waals surface area contributed by atoms with E-state index < -0.39 is 10.2 Å². The molecule has 4 rings (SSSR count). The third-order valence-corrected chi connectivity index (χ3v) is 6.03. The number of rotatable bonds is 5. The van der Waals surface area contributed by atoms with Gasteiger partial charge in [0.05, 0.1) is 0 Å². The Morgan fingerprint density at radius 3 is 2.75 bits per heavy atom. The average molecular weight is 371 g/mol. The number of aryl methyl sites for hydroxylation is 1. The van der Waals surface area contributed by atoms with Gasteiger partial charge in [0.15, 0.2) is 5.82 Å². The van der Waals surface area contributed by atoms with Crippen LogP contribution in [0.1, 0.15) is 18.4 Å². The van der Waals surface area contributed by atoms with Crippen LogP contribution in [-0.4, -0.2) is 53.0 Å². The molecule has 0 atom stereocenters. The molecule has 2 aliphatic rings. The van der Waals surface area contributed by atoms with Crippen LogP contribution in [0.15, 0.2) is 12.4 Å². The van der Waals surface area contributed by atoms with Crippen molar-refractivity contribution in [2.75, 3.05) is 24.5 Å². The van der Waals surface area contributed by atoms with Crippen LogP contribution in [0, 0.1) is 12.8 Å². The van der Waals surface area contributed by atoms with Crippen LogP contribution in [0.2, 0.25) is 5.15 Å². The van der Waals surface area contributed by atoms with Gasteiger partial charge < -0.3 is 4.90 Å². The zero-order valence-electron chi connectivity index (χ0n) is 13.3. The molecule has 0 bridgehead atoms. The highest BCUT2D eigenvalue weighted by Crippen LogP contribution is 2.34. The molecule has 3 heterocycles. The van der Waals surface area contributed by atoms with E-state index in [1.807, 2.05) is 13.0 Å². The van der Waals surface area contributed by atoms with Gasteiger partial charge >= 0.3 is 0 Å². The molecule has 0 radical (unpaired) electrons. The summed E-state index contributed by atoms with van der Waals surface area (Å²) in [5.74, 6) is 1.09. The summed E-state index contributed by atoms with van der Waals surface area (Å²) in [4.78, 5) is 6.52. The fraction of sp³-hybridized carbons (Fsp3) is 0.571. The molecular formula is C14H19ClN6O2S. The first kappa shape index (κ1) is 16.1. The SMILES string of the molecule is Cc1cc(Cl)n2ncnc(N3CC(CN(C4CC4)S(N)(=O)=O)C3)c12. The number of anilines is 1. The Balaban J connectivity index is 1.50. The molecular weight excluding hydrogens is 352 g/mol. The summed E-state index contributed by atoms with van der Waals surface area (Å²) in [7, 11) is -3.63. The first-order chi connectivity index (χ1) is 11.3. The highest BCUT2D eigenvalue weighted by molar-refractivity contribution is 7.86. The van der Waals surface area contributed by atoms with E-state index in [-0.39, 0.29) is 12.0 Å². The Hall–Kier alpha value is -1.42. The lowest BCUT2D eigenvalue weighted by Crippen LogP contribution is -2.54. The summed E-state index contributed by atoms with van der Waals surface area (Å²) in [6.07, 6.45) is 3.30. The van der Waals surface area contributed by atoms with Gasteiger partial charge in [-0.05, 0) is 31.4 Å². The molecule has 1 saturated heterocycles. The second-order valence-corrected chi connectivity index (χ2v) is 8.50.